The van der Waals surface area contributed by atoms with Crippen LogP contribution in [0.25, 0.3) is 0 Å². The summed E-state index contributed by atoms with van der Waals surface area (Å²) in [6.07, 6.45) is 8.20. The van der Waals surface area contributed by atoms with Crippen LogP contribution >= 0.6 is 0 Å². The third kappa shape index (κ3) is 3.12. The van der Waals surface area contributed by atoms with Crippen LogP contribution in [-0.2, 0) is 6.42 Å². The lowest BCUT2D eigenvalue weighted by molar-refractivity contribution is 0.0656. The molecule has 4 aliphatic rings. The van der Waals surface area contributed by atoms with E-state index in [-0.39, 0.29) is 23.7 Å². The van der Waals surface area contributed by atoms with Gasteiger partial charge in [-0.15, -0.1) is 0 Å². The third-order valence-electron chi connectivity index (χ3n) is 9.40. The zero-order valence-electron chi connectivity index (χ0n) is 19.1. The zero-order valence-corrected chi connectivity index (χ0v) is 19.1. The first-order chi connectivity index (χ1) is 14.3. The minimum Gasteiger partial charge on any atom is -0.393 e. The highest BCUT2D eigenvalue weighted by Crippen LogP contribution is 2.60. The molecule has 3 heteroatoms. The fraction of sp³-hybridized carbons (Fsp3) is 0.704. The van der Waals surface area contributed by atoms with Crippen molar-refractivity contribution < 1.29 is 10.2 Å². The SMILES string of the molecule is Cc1c([C@@H](C)[C@H]2NC[C@@H](C)C[C@H]2O)ccc2c1C[C@@H]1[C@@H]2CC=C2C[C@@H](O)CC[C@@]21C. The number of allylic oxidation sites excluding steroid dienone is 1. The Labute approximate surface area is 182 Å². The van der Waals surface area contributed by atoms with Gasteiger partial charge in [-0.3, -0.25) is 0 Å². The van der Waals surface area contributed by atoms with Crippen molar-refractivity contribution in [2.24, 2.45) is 17.3 Å². The molecule has 0 aromatic heterocycles. The molecule has 30 heavy (non-hydrogen) atoms. The summed E-state index contributed by atoms with van der Waals surface area (Å²) in [6, 6.07) is 4.92. The number of nitrogens with one attached hydrogen (secondary N) is 1. The maximum atomic E-state index is 10.7. The second-order valence-electron chi connectivity index (χ2n) is 11.2. The van der Waals surface area contributed by atoms with Crippen LogP contribution in [0.5, 0.6) is 0 Å². The molecule has 1 saturated heterocycles. The summed E-state index contributed by atoms with van der Waals surface area (Å²) in [5.74, 6) is 2.16. The normalized spacial score (nSPS) is 41.5. The van der Waals surface area contributed by atoms with Crippen molar-refractivity contribution >= 4 is 0 Å². The van der Waals surface area contributed by atoms with E-state index in [1.165, 1.54) is 23.1 Å². The van der Waals surface area contributed by atoms with Gasteiger partial charge in [0.2, 0.25) is 0 Å². The summed E-state index contributed by atoms with van der Waals surface area (Å²) < 4.78 is 0. The zero-order chi connectivity index (χ0) is 21.2. The van der Waals surface area contributed by atoms with Gasteiger partial charge >= 0.3 is 0 Å². The highest BCUT2D eigenvalue weighted by atomic mass is 16.3. The summed E-state index contributed by atoms with van der Waals surface area (Å²) in [4.78, 5) is 0. The average Bonchev–Trinajstić information content (AvgIpc) is 3.09. The second-order valence-corrected chi connectivity index (χ2v) is 11.2. The van der Waals surface area contributed by atoms with Gasteiger partial charge in [-0.2, -0.15) is 0 Å². The van der Waals surface area contributed by atoms with Crippen LogP contribution in [0.15, 0.2) is 23.8 Å². The minimum atomic E-state index is -0.265. The molecular formula is C27H39NO2. The number of aliphatic hydroxyl groups excluding tert-OH is 2. The van der Waals surface area contributed by atoms with E-state index in [0.29, 0.717) is 23.7 Å². The highest BCUT2D eigenvalue weighted by Gasteiger charge is 2.50. The summed E-state index contributed by atoms with van der Waals surface area (Å²) in [6.45, 7) is 10.3. The lowest BCUT2D eigenvalue weighted by Crippen LogP contribution is -2.50. The second kappa shape index (κ2) is 7.46. The van der Waals surface area contributed by atoms with Gasteiger partial charge in [0, 0.05) is 6.04 Å². The molecule has 1 aromatic rings. The fourth-order valence-electron chi connectivity index (χ4n) is 7.49. The molecule has 0 amide bonds. The van der Waals surface area contributed by atoms with Crippen molar-refractivity contribution in [1.29, 1.82) is 0 Å². The lowest BCUT2D eigenvalue weighted by Gasteiger charge is -2.48. The molecule has 1 saturated carbocycles. The number of hydrogen-bond donors (Lipinski definition) is 3. The predicted molar refractivity (Wildman–Crippen MR) is 122 cm³/mol. The molecule has 0 radical (unpaired) electrons. The minimum absolute atomic E-state index is 0.143. The predicted octanol–water partition coefficient (Wildman–Crippen LogP) is 4.59. The van der Waals surface area contributed by atoms with E-state index >= 15 is 0 Å². The number of benzene rings is 1. The molecule has 0 spiro atoms. The van der Waals surface area contributed by atoms with Crippen molar-refractivity contribution in [2.45, 2.75) is 96.3 Å². The lowest BCUT2D eigenvalue weighted by atomic mass is 9.57. The van der Waals surface area contributed by atoms with E-state index in [1.807, 2.05) is 0 Å². The fourth-order valence-corrected chi connectivity index (χ4v) is 7.49. The Morgan fingerprint density at radius 1 is 1.20 bits per heavy atom. The molecule has 3 N–H and O–H groups in total. The molecular weight excluding hydrogens is 370 g/mol. The van der Waals surface area contributed by atoms with Gasteiger partial charge in [-0.1, -0.05) is 44.6 Å². The topological polar surface area (TPSA) is 52.5 Å². The van der Waals surface area contributed by atoms with Crippen LogP contribution < -0.4 is 5.32 Å². The largest absolute Gasteiger partial charge is 0.393 e. The Morgan fingerprint density at radius 2 is 2.00 bits per heavy atom. The van der Waals surface area contributed by atoms with Crippen molar-refractivity contribution in [3.05, 3.63) is 46.0 Å². The van der Waals surface area contributed by atoms with E-state index in [1.54, 1.807) is 11.1 Å². The molecule has 8 atom stereocenters. The summed E-state index contributed by atoms with van der Waals surface area (Å²) in [7, 11) is 0. The van der Waals surface area contributed by atoms with E-state index in [4.69, 9.17) is 0 Å². The molecule has 1 aliphatic heterocycles. The summed E-state index contributed by atoms with van der Waals surface area (Å²) >= 11 is 0. The Hall–Kier alpha value is -1.16. The van der Waals surface area contributed by atoms with Crippen molar-refractivity contribution in [3.63, 3.8) is 0 Å². The van der Waals surface area contributed by atoms with E-state index in [2.05, 4.69) is 51.2 Å². The first-order valence-electron chi connectivity index (χ1n) is 12.2. The molecule has 1 heterocycles. The molecule has 3 aliphatic carbocycles. The maximum absolute atomic E-state index is 10.7. The van der Waals surface area contributed by atoms with Gasteiger partial charge in [0.05, 0.1) is 12.2 Å². The van der Waals surface area contributed by atoms with Crippen LogP contribution in [0.3, 0.4) is 0 Å². The Balaban J connectivity index is 1.44. The van der Waals surface area contributed by atoms with Gasteiger partial charge < -0.3 is 15.5 Å². The molecule has 1 aromatic carbocycles. The summed E-state index contributed by atoms with van der Waals surface area (Å²) in [5, 5.41) is 24.6. The van der Waals surface area contributed by atoms with Crippen LogP contribution in [0.4, 0.5) is 0 Å². The smallest absolute Gasteiger partial charge is 0.0702 e. The Kier molecular flexibility index (Phi) is 5.16. The van der Waals surface area contributed by atoms with Gasteiger partial charge in [0.15, 0.2) is 0 Å². The Bertz CT molecular complexity index is 861. The van der Waals surface area contributed by atoms with Gasteiger partial charge in [-0.05, 0) is 103 Å². The number of aliphatic hydroxyl groups is 2. The highest BCUT2D eigenvalue weighted by molar-refractivity contribution is 5.49. The van der Waals surface area contributed by atoms with E-state index < -0.39 is 0 Å². The Morgan fingerprint density at radius 3 is 2.77 bits per heavy atom. The van der Waals surface area contributed by atoms with Crippen LogP contribution in [0.2, 0.25) is 0 Å². The number of fused-ring (bicyclic) bond motifs is 5. The molecule has 0 unspecified atom stereocenters. The molecule has 0 bridgehead atoms. The number of piperidine rings is 1. The van der Waals surface area contributed by atoms with Crippen molar-refractivity contribution in [1.82, 2.24) is 5.32 Å². The monoisotopic (exact) mass is 409 g/mol. The van der Waals surface area contributed by atoms with Crippen molar-refractivity contribution in [2.75, 3.05) is 6.54 Å². The van der Waals surface area contributed by atoms with Gasteiger partial charge in [0.1, 0.15) is 0 Å². The molecule has 3 nitrogen and oxygen atoms in total. The number of hydrogen-bond acceptors (Lipinski definition) is 3. The van der Waals surface area contributed by atoms with E-state index in [0.717, 1.165) is 38.6 Å². The quantitative estimate of drug-likeness (QED) is 0.626. The first-order valence-corrected chi connectivity index (χ1v) is 12.2. The standard InChI is InChI=1S/C27H39NO2/c1-15-11-25(30)26(28-14-15)17(3)20-7-8-21-22-6-5-18-12-19(29)9-10-27(18,4)24(22)13-23(21)16(20)2/h5,7-8,15,17,19,22,24-26,28-30H,6,9-14H2,1-4H3/t15-,17+,19-,22+,24+,25+,26+,27-/m0/s1. The first kappa shape index (κ1) is 20.7. The van der Waals surface area contributed by atoms with Crippen molar-refractivity contribution in [3.8, 4) is 0 Å². The third-order valence-corrected chi connectivity index (χ3v) is 9.40. The summed E-state index contributed by atoms with van der Waals surface area (Å²) in [5.41, 5.74) is 7.79. The molecule has 5 rings (SSSR count). The average molecular weight is 410 g/mol. The molecule has 2 fully saturated rings. The van der Waals surface area contributed by atoms with Crippen LogP contribution in [0.1, 0.15) is 87.0 Å². The molecule has 164 valence electrons. The maximum Gasteiger partial charge on any atom is 0.0702 e. The van der Waals surface area contributed by atoms with Crippen LogP contribution in [-0.4, -0.2) is 35.0 Å². The van der Waals surface area contributed by atoms with E-state index in [9.17, 15) is 10.2 Å². The van der Waals surface area contributed by atoms with Crippen LogP contribution in [0, 0.1) is 24.2 Å². The van der Waals surface area contributed by atoms with Gasteiger partial charge in [-0.25, -0.2) is 0 Å². The van der Waals surface area contributed by atoms with Gasteiger partial charge in [0.25, 0.3) is 0 Å². The number of rotatable bonds is 2.